The van der Waals surface area contributed by atoms with Crippen LogP contribution in [0.25, 0.3) is 5.52 Å². The van der Waals surface area contributed by atoms with Crippen LogP contribution in [0.1, 0.15) is 24.3 Å². The lowest BCUT2D eigenvalue weighted by atomic mass is 9.90. The molecule has 1 unspecified atom stereocenters. The molecule has 92 valence electrons. The lowest BCUT2D eigenvalue weighted by Crippen LogP contribution is -2.39. The number of rotatable bonds is 1. The molecule has 0 aromatic carbocycles. The van der Waals surface area contributed by atoms with Crippen LogP contribution in [0.2, 0.25) is 0 Å². The standard InChI is InChI=1S/C12H10BrN3O2/c13-7-3-9(10-4-14-6-16(10)5-7)8-1-2-11(17)15-12(8)18/h3-6,8H,1-2H2,(H,15,17,18). The molecular formula is C12H10BrN3O2. The summed E-state index contributed by atoms with van der Waals surface area (Å²) in [5.74, 6) is -0.720. The van der Waals surface area contributed by atoms with E-state index in [1.54, 1.807) is 12.5 Å². The smallest absolute Gasteiger partial charge is 0.234 e. The first-order chi connectivity index (χ1) is 8.65. The van der Waals surface area contributed by atoms with Crippen LogP contribution in [0.5, 0.6) is 0 Å². The van der Waals surface area contributed by atoms with E-state index in [1.807, 2.05) is 16.7 Å². The van der Waals surface area contributed by atoms with E-state index >= 15 is 0 Å². The van der Waals surface area contributed by atoms with Gasteiger partial charge in [-0.2, -0.15) is 0 Å². The van der Waals surface area contributed by atoms with E-state index in [4.69, 9.17) is 0 Å². The fourth-order valence-electron chi connectivity index (χ4n) is 2.29. The van der Waals surface area contributed by atoms with Crippen molar-refractivity contribution < 1.29 is 9.59 Å². The molecule has 1 N–H and O–H groups in total. The number of pyridine rings is 1. The molecule has 1 aliphatic rings. The molecule has 18 heavy (non-hydrogen) atoms. The van der Waals surface area contributed by atoms with Crippen LogP contribution in [0, 0.1) is 0 Å². The molecule has 6 heteroatoms. The number of nitrogens with zero attached hydrogens (tertiary/aromatic N) is 2. The number of imidazole rings is 1. The zero-order chi connectivity index (χ0) is 12.7. The highest BCUT2D eigenvalue weighted by Crippen LogP contribution is 2.30. The van der Waals surface area contributed by atoms with E-state index in [2.05, 4.69) is 26.2 Å². The fourth-order valence-corrected chi connectivity index (χ4v) is 2.76. The molecule has 0 saturated carbocycles. The number of hydrogen-bond donors (Lipinski definition) is 1. The van der Waals surface area contributed by atoms with Gasteiger partial charge >= 0.3 is 0 Å². The van der Waals surface area contributed by atoms with E-state index in [0.717, 1.165) is 15.6 Å². The predicted molar refractivity (Wildman–Crippen MR) is 68.0 cm³/mol. The number of carbonyl (C=O) groups excluding carboxylic acids is 2. The summed E-state index contributed by atoms with van der Waals surface area (Å²) < 4.78 is 2.75. The molecule has 0 bridgehead atoms. The normalized spacial score (nSPS) is 20.2. The molecule has 0 aliphatic carbocycles. The predicted octanol–water partition coefficient (Wildman–Crippen LogP) is 1.62. The highest BCUT2D eigenvalue weighted by atomic mass is 79.9. The highest BCUT2D eigenvalue weighted by Gasteiger charge is 2.29. The number of carbonyl (C=O) groups is 2. The van der Waals surface area contributed by atoms with Gasteiger partial charge in [0.05, 0.1) is 24.0 Å². The Morgan fingerprint density at radius 2 is 2.28 bits per heavy atom. The van der Waals surface area contributed by atoms with Gasteiger partial charge in [-0.1, -0.05) is 0 Å². The van der Waals surface area contributed by atoms with Gasteiger partial charge in [-0.05, 0) is 34.0 Å². The number of amides is 2. The summed E-state index contributed by atoms with van der Waals surface area (Å²) in [6.45, 7) is 0. The Bertz CT molecular complexity index is 650. The minimum absolute atomic E-state index is 0.198. The van der Waals surface area contributed by atoms with E-state index < -0.39 is 0 Å². The quantitative estimate of drug-likeness (QED) is 0.814. The van der Waals surface area contributed by atoms with Crippen molar-refractivity contribution in [1.29, 1.82) is 0 Å². The van der Waals surface area contributed by atoms with Crippen molar-refractivity contribution >= 4 is 33.3 Å². The Labute approximate surface area is 111 Å². The van der Waals surface area contributed by atoms with Crippen LogP contribution in [0.15, 0.2) is 29.3 Å². The average molecular weight is 308 g/mol. The largest absolute Gasteiger partial charge is 0.305 e. The first-order valence-corrected chi connectivity index (χ1v) is 6.39. The molecule has 1 atom stereocenters. The minimum atomic E-state index is -0.292. The minimum Gasteiger partial charge on any atom is -0.305 e. The van der Waals surface area contributed by atoms with Gasteiger partial charge in [0.25, 0.3) is 0 Å². The first kappa shape index (κ1) is 11.4. The van der Waals surface area contributed by atoms with Crippen molar-refractivity contribution in [1.82, 2.24) is 14.7 Å². The molecule has 0 spiro atoms. The number of piperidine rings is 1. The molecule has 3 rings (SSSR count). The summed E-state index contributed by atoms with van der Waals surface area (Å²) in [6, 6.07) is 1.91. The SMILES string of the molecule is O=C1CCC(c2cc(Br)cn3cncc23)C(=O)N1. The Hall–Kier alpha value is -1.69. The molecule has 1 aliphatic heterocycles. The van der Waals surface area contributed by atoms with E-state index in [1.165, 1.54) is 0 Å². The maximum Gasteiger partial charge on any atom is 0.234 e. The maximum atomic E-state index is 11.9. The van der Waals surface area contributed by atoms with Crippen molar-refractivity contribution in [2.24, 2.45) is 0 Å². The van der Waals surface area contributed by atoms with Crippen LogP contribution < -0.4 is 5.32 Å². The van der Waals surface area contributed by atoms with Gasteiger partial charge in [-0.25, -0.2) is 4.98 Å². The number of halogens is 1. The van der Waals surface area contributed by atoms with Gasteiger partial charge in [0.1, 0.15) is 0 Å². The molecule has 2 aromatic heterocycles. The molecule has 2 amide bonds. The first-order valence-electron chi connectivity index (χ1n) is 5.60. The summed E-state index contributed by atoms with van der Waals surface area (Å²) in [7, 11) is 0. The zero-order valence-corrected chi connectivity index (χ0v) is 11.0. The summed E-state index contributed by atoms with van der Waals surface area (Å²) >= 11 is 3.42. The summed E-state index contributed by atoms with van der Waals surface area (Å²) in [5.41, 5.74) is 1.79. The second-order valence-corrected chi connectivity index (χ2v) is 5.22. The fraction of sp³-hybridized carbons (Fsp3) is 0.250. The monoisotopic (exact) mass is 307 g/mol. The molecule has 0 radical (unpaired) electrons. The van der Waals surface area contributed by atoms with E-state index in [9.17, 15) is 9.59 Å². The van der Waals surface area contributed by atoms with Crippen LogP contribution in [-0.2, 0) is 9.59 Å². The van der Waals surface area contributed by atoms with Gasteiger partial charge in [0.15, 0.2) is 0 Å². The maximum absolute atomic E-state index is 11.9. The zero-order valence-electron chi connectivity index (χ0n) is 9.39. The van der Waals surface area contributed by atoms with Crippen LogP contribution >= 0.6 is 15.9 Å². The number of imide groups is 1. The van der Waals surface area contributed by atoms with Gasteiger partial charge in [-0.15, -0.1) is 0 Å². The van der Waals surface area contributed by atoms with Crippen LogP contribution in [0.3, 0.4) is 0 Å². The number of fused-ring (bicyclic) bond motifs is 1. The summed E-state index contributed by atoms with van der Waals surface area (Å²) in [4.78, 5) is 27.2. The third-order valence-corrected chi connectivity index (χ3v) is 3.57. The van der Waals surface area contributed by atoms with Gasteiger partial charge in [-0.3, -0.25) is 14.9 Å². The molecular weight excluding hydrogens is 298 g/mol. The molecule has 2 aromatic rings. The van der Waals surface area contributed by atoms with E-state index in [0.29, 0.717) is 12.8 Å². The number of aromatic nitrogens is 2. The molecule has 5 nitrogen and oxygen atoms in total. The Balaban J connectivity index is 2.11. The lowest BCUT2D eigenvalue weighted by molar-refractivity contribution is -0.134. The van der Waals surface area contributed by atoms with E-state index in [-0.39, 0.29) is 17.7 Å². The molecule has 3 heterocycles. The Kier molecular flexibility index (Phi) is 2.66. The third-order valence-electron chi connectivity index (χ3n) is 3.13. The molecule has 1 fully saturated rings. The van der Waals surface area contributed by atoms with Crippen molar-refractivity contribution in [2.45, 2.75) is 18.8 Å². The Morgan fingerprint density at radius 3 is 3.06 bits per heavy atom. The topological polar surface area (TPSA) is 63.5 Å². The van der Waals surface area contributed by atoms with Crippen molar-refractivity contribution in [2.75, 3.05) is 0 Å². The van der Waals surface area contributed by atoms with Gasteiger partial charge in [0.2, 0.25) is 11.8 Å². The Morgan fingerprint density at radius 1 is 1.44 bits per heavy atom. The summed E-state index contributed by atoms with van der Waals surface area (Å²) in [6.07, 6.45) is 6.23. The van der Waals surface area contributed by atoms with Crippen LogP contribution in [0.4, 0.5) is 0 Å². The lowest BCUT2D eigenvalue weighted by Gasteiger charge is -2.21. The second kappa shape index (κ2) is 4.20. The number of hydrogen-bond acceptors (Lipinski definition) is 3. The van der Waals surface area contributed by atoms with Gasteiger partial charge in [0, 0.05) is 17.1 Å². The van der Waals surface area contributed by atoms with Crippen LogP contribution in [-0.4, -0.2) is 21.2 Å². The second-order valence-electron chi connectivity index (χ2n) is 4.30. The van der Waals surface area contributed by atoms with Crippen molar-refractivity contribution in [3.8, 4) is 0 Å². The average Bonchev–Trinajstić information content (AvgIpc) is 2.76. The van der Waals surface area contributed by atoms with Crippen molar-refractivity contribution in [3.05, 3.63) is 34.8 Å². The molecule has 1 saturated heterocycles. The van der Waals surface area contributed by atoms with Gasteiger partial charge < -0.3 is 4.40 Å². The van der Waals surface area contributed by atoms with Crippen molar-refractivity contribution in [3.63, 3.8) is 0 Å². The number of nitrogens with one attached hydrogen (secondary N) is 1. The third kappa shape index (κ3) is 1.82. The highest BCUT2D eigenvalue weighted by molar-refractivity contribution is 9.10. The summed E-state index contributed by atoms with van der Waals surface area (Å²) in [5, 5.41) is 2.38.